The lowest BCUT2D eigenvalue weighted by molar-refractivity contribution is -0.116. The highest BCUT2D eigenvalue weighted by atomic mass is 32.2. The molecule has 0 fully saturated rings. The Morgan fingerprint density at radius 3 is 2.76 bits per heavy atom. The molecule has 0 aliphatic carbocycles. The van der Waals surface area contributed by atoms with Gasteiger partial charge in [0.2, 0.25) is 5.91 Å². The number of amidine groups is 1. The molecule has 1 aliphatic heterocycles. The molecule has 1 amide bonds. The molecule has 0 atom stereocenters. The van der Waals surface area contributed by atoms with Gasteiger partial charge in [-0.2, -0.15) is 0 Å². The summed E-state index contributed by atoms with van der Waals surface area (Å²) in [5.41, 5.74) is 2.40. The van der Waals surface area contributed by atoms with Gasteiger partial charge < -0.3 is 9.88 Å². The molecule has 150 valence electrons. The van der Waals surface area contributed by atoms with Crippen molar-refractivity contribution in [2.45, 2.75) is 31.2 Å². The smallest absolute Gasteiger partial charge is 0.262 e. The average Bonchev–Trinajstić information content (AvgIpc) is 3.29. The molecule has 0 spiro atoms. The summed E-state index contributed by atoms with van der Waals surface area (Å²) >= 11 is 0. The van der Waals surface area contributed by atoms with E-state index in [1.807, 2.05) is 41.8 Å². The fraction of sp³-hybridized carbons (Fsp3) is 0.238. The summed E-state index contributed by atoms with van der Waals surface area (Å²) in [5, 5.41) is 3.87. The van der Waals surface area contributed by atoms with Crippen LogP contribution in [0.1, 0.15) is 18.5 Å². The first-order valence-corrected chi connectivity index (χ1v) is 10.9. The van der Waals surface area contributed by atoms with E-state index in [0.717, 1.165) is 23.0 Å². The van der Waals surface area contributed by atoms with Crippen molar-refractivity contribution >= 4 is 38.4 Å². The van der Waals surface area contributed by atoms with Crippen LogP contribution < -0.4 is 10.0 Å². The van der Waals surface area contributed by atoms with Gasteiger partial charge in [-0.15, -0.1) is 0 Å². The number of hydrogen-bond donors (Lipinski definition) is 2. The van der Waals surface area contributed by atoms with Gasteiger partial charge in [0.05, 0.1) is 4.90 Å². The van der Waals surface area contributed by atoms with E-state index < -0.39 is 10.0 Å². The number of carbonyl (C=O) groups is 1. The van der Waals surface area contributed by atoms with Gasteiger partial charge in [0.25, 0.3) is 10.0 Å². The molecule has 29 heavy (non-hydrogen) atoms. The van der Waals surface area contributed by atoms with E-state index in [2.05, 4.69) is 15.0 Å². The Morgan fingerprint density at radius 1 is 1.14 bits per heavy atom. The number of benzene rings is 2. The summed E-state index contributed by atoms with van der Waals surface area (Å²) in [7, 11) is -3.72. The van der Waals surface area contributed by atoms with Crippen molar-refractivity contribution in [3.8, 4) is 0 Å². The van der Waals surface area contributed by atoms with Crippen LogP contribution in [-0.4, -0.2) is 31.3 Å². The van der Waals surface area contributed by atoms with Gasteiger partial charge in [0.1, 0.15) is 12.4 Å². The molecule has 2 heterocycles. The largest absolute Gasteiger partial charge is 0.335 e. The molecule has 0 saturated heterocycles. The second kappa shape index (κ2) is 7.71. The molecule has 4 rings (SSSR count). The van der Waals surface area contributed by atoms with Crippen molar-refractivity contribution in [2.75, 3.05) is 11.9 Å². The lowest BCUT2D eigenvalue weighted by Crippen LogP contribution is -2.29. The molecule has 2 aromatic carbocycles. The minimum atomic E-state index is -3.72. The zero-order valence-electron chi connectivity index (χ0n) is 16.1. The number of nitrogens with one attached hydrogen (secondary N) is 2. The number of carbonyl (C=O) groups excluding carboxylic acids is 1. The van der Waals surface area contributed by atoms with Gasteiger partial charge in [-0.25, -0.2) is 8.42 Å². The summed E-state index contributed by atoms with van der Waals surface area (Å²) < 4.78 is 29.6. The number of anilines is 1. The van der Waals surface area contributed by atoms with E-state index in [1.54, 1.807) is 12.1 Å². The topological polar surface area (TPSA) is 92.6 Å². The van der Waals surface area contributed by atoms with Crippen LogP contribution in [0.5, 0.6) is 0 Å². The Bertz CT molecular complexity index is 1210. The number of aromatic nitrogens is 1. The van der Waals surface area contributed by atoms with Crippen LogP contribution in [0.2, 0.25) is 0 Å². The van der Waals surface area contributed by atoms with Crippen LogP contribution in [-0.2, 0) is 21.4 Å². The van der Waals surface area contributed by atoms with E-state index in [9.17, 15) is 13.2 Å². The SMILES string of the molecule is Cc1cc2ccccc2n1CC(=O)Nc1cccc(S(=O)(=O)NC2=NCCC2)c1. The maximum atomic E-state index is 12.6. The number of amides is 1. The van der Waals surface area contributed by atoms with Crippen LogP contribution in [0.15, 0.2) is 64.5 Å². The molecule has 2 N–H and O–H groups in total. The van der Waals surface area contributed by atoms with E-state index in [4.69, 9.17) is 0 Å². The van der Waals surface area contributed by atoms with Crippen molar-refractivity contribution < 1.29 is 13.2 Å². The number of aryl methyl sites for hydroxylation is 1. The molecule has 0 bridgehead atoms. The second-order valence-corrected chi connectivity index (χ2v) is 8.73. The minimum absolute atomic E-state index is 0.0903. The van der Waals surface area contributed by atoms with Crippen LogP contribution >= 0.6 is 0 Å². The number of sulfonamides is 1. The number of aliphatic imine (C=N–C) groups is 1. The van der Waals surface area contributed by atoms with Gasteiger partial charge in [-0.1, -0.05) is 24.3 Å². The Labute approximate surface area is 169 Å². The first-order valence-electron chi connectivity index (χ1n) is 9.43. The Kier molecular flexibility index (Phi) is 5.10. The summed E-state index contributed by atoms with van der Waals surface area (Å²) in [4.78, 5) is 16.8. The molecule has 7 nitrogen and oxygen atoms in total. The minimum Gasteiger partial charge on any atom is -0.335 e. The maximum Gasteiger partial charge on any atom is 0.262 e. The third-order valence-electron chi connectivity index (χ3n) is 4.87. The Hall–Kier alpha value is -3.13. The zero-order valence-corrected chi connectivity index (χ0v) is 16.9. The average molecular weight is 410 g/mol. The molecule has 8 heteroatoms. The third kappa shape index (κ3) is 4.17. The van der Waals surface area contributed by atoms with Gasteiger partial charge in [-0.05, 0) is 49.1 Å². The third-order valence-corrected chi connectivity index (χ3v) is 6.25. The molecule has 1 aliphatic rings. The summed E-state index contributed by atoms with van der Waals surface area (Å²) in [6.07, 6.45) is 1.47. The van der Waals surface area contributed by atoms with Crippen molar-refractivity contribution in [1.29, 1.82) is 0 Å². The van der Waals surface area contributed by atoms with E-state index in [-0.39, 0.29) is 17.3 Å². The van der Waals surface area contributed by atoms with Crippen LogP contribution in [0, 0.1) is 6.92 Å². The standard InChI is InChI=1S/C21H22N4O3S/c1-15-12-16-6-2-3-9-19(16)25(15)14-21(26)23-17-7-4-8-18(13-17)29(27,28)24-20-10-5-11-22-20/h2-4,6-9,12-13H,5,10-11,14H2,1H3,(H,22,24)(H,23,26). The Morgan fingerprint density at radius 2 is 1.97 bits per heavy atom. The number of para-hydroxylation sites is 1. The Balaban J connectivity index is 1.50. The number of nitrogens with zero attached hydrogens (tertiary/aromatic N) is 2. The molecular weight excluding hydrogens is 388 g/mol. The highest BCUT2D eigenvalue weighted by Crippen LogP contribution is 2.20. The maximum absolute atomic E-state index is 12.6. The van der Waals surface area contributed by atoms with Crippen molar-refractivity contribution in [3.05, 3.63) is 60.3 Å². The molecule has 1 aromatic heterocycles. The van der Waals surface area contributed by atoms with Gasteiger partial charge in [-0.3, -0.25) is 14.5 Å². The molecule has 0 saturated carbocycles. The number of hydrogen-bond acceptors (Lipinski definition) is 4. The van der Waals surface area contributed by atoms with Crippen molar-refractivity contribution in [2.24, 2.45) is 4.99 Å². The second-order valence-electron chi connectivity index (χ2n) is 7.04. The quantitative estimate of drug-likeness (QED) is 0.677. The fourth-order valence-electron chi connectivity index (χ4n) is 3.48. The van der Waals surface area contributed by atoms with E-state index in [0.29, 0.717) is 24.5 Å². The lowest BCUT2D eigenvalue weighted by atomic mass is 10.2. The zero-order chi connectivity index (χ0) is 20.4. The van der Waals surface area contributed by atoms with Crippen molar-refractivity contribution in [1.82, 2.24) is 9.29 Å². The highest BCUT2D eigenvalue weighted by Gasteiger charge is 2.19. The van der Waals surface area contributed by atoms with Crippen LogP contribution in [0.3, 0.4) is 0 Å². The predicted molar refractivity (Wildman–Crippen MR) is 114 cm³/mol. The normalized spacial score (nSPS) is 14.0. The first kappa shape index (κ1) is 19.2. The van der Waals surface area contributed by atoms with Crippen LogP contribution in [0.25, 0.3) is 10.9 Å². The molecule has 0 radical (unpaired) electrons. The highest BCUT2D eigenvalue weighted by molar-refractivity contribution is 7.90. The molecular formula is C21H22N4O3S. The molecule has 0 unspecified atom stereocenters. The van der Waals surface area contributed by atoms with Crippen LogP contribution in [0.4, 0.5) is 5.69 Å². The van der Waals surface area contributed by atoms with Gasteiger partial charge in [0.15, 0.2) is 0 Å². The van der Waals surface area contributed by atoms with E-state index >= 15 is 0 Å². The monoisotopic (exact) mass is 410 g/mol. The lowest BCUT2D eigenvalue weighted by Gasteiger charge is -2.11. The fourth-order valence-corrected chi connectivity index (χ4v) is 4.61. The summed E-state index contributed by atoms with van der Waals surface area (Å²) in [6.45, 7) is 2.74. The summed E-state index contributed by atoms with van der Waals surface area (Å²) in [5.74, 6) is 0.256. The number of fused-ring (bicyclic) bond motifs is 1. The van der Waals surface area contributed by atoms with Gasteiger partial charge >= 0.3 is 0 Å². The van der Waals surface area contributed by atoms with Crippen molar-refractivity contribution in [3.63, 3.8) is 0 Å². The van der Waals surface area contributed by atoms with Gasteiger partial charge in [0, 0.05) is 29.9 Å². The van der Waals surface area contributed by atoms with E-state index in [1.165, 1.54) is 12.1 Å². The predicted octanol–water partition coefficient (Wildman–Crippen LogP) is 3.06. The summed E-state index contributed by atoms with van der Waals surface area (Å²) in [6, 6.07) is 16.1. The molecule has 3 aromatic rings. The first-order chi connectivity index (χ1) is 13.9. The number of rotatable bonds is 5.